The zero-order valence-corrected chi connectivity index (χ0v) is 22.9. The number of nitrogens with zero attached hydrogens (tertiary/aromatic N) is 3. The van der Waals surface area contributed by atoms with Crippen molar-refractivity contribution in [2.45, 2.75) is 24.8 Å². The summed E-state index contributed by atoms with van der Waals surface area (Å²) in [5.74, 6) is 0.263. The van der Waals surface area contributed by atoms with Gasteiger partial charge in [-0.15, -0.1) is 0 Å². The number of anilines is 1. The van der Waals surface area contributed by atoms with Gasteiger partial charge in [0.25, 0.3) is 5.91 Å². The Morgan fingerprint density at radius 3 is 2.58 bits per heavy atom. The number of nitrogens with one attached hydrogen (secondary N) is 1. The summed E-state index contributed by atoms with van der Waals surface area (Å²) in [5.41, 5.74) is 2.96. The number of aromatic nitrogens is 1. The largest absolute Gasteiger partial charge is 0.491 e. The molecule has 202 valence electrons. The Labute approximate surface area is 223 Å². The van der Waals surface area contributed by atoms with Crippen LogP contribution in [0.2, 0.25) is 0 Å². The van der Waals surface area contributed by atoms with E-state index in [0.29, 0.717) is 18.9 Å². The van der Waals surface area contributed by atoms with Crippen molar-refractivity contribution in [3.8, 4) is 16.9 Å². The molecule has 0 saturated heterocycles. The first-order chi connectivity index (χ1) is 18.1. The number of sulfone groups is 1. The van der Waals surface area contributed by atoms with Crippen LogP contribution in [0.25, 0.3) is 11.1 Å². The summed E-state index contributed by atoms with van der Waals surface area (Å²) in [6.07, 6.45) is 2.95. The fraction of sp³-hybridized carbons (Fsp3) is 0.357. The summed E-state index contributed by atoms with van der Waals surface area (Å²) < 4.78 is 44.9. The van der Waals surface area contributed by atoms with Crippen LogP contribution < -0.4 is 10.1 Å². The summed E-state index contributed by atoms with van der Waals surface area (Å²) in [6.45, 7) is 4.27. The molecule has 0 fully saturated rings. The van der Waals surface area contributed by atoms with Crippen LogP contribution in [-0.4, -0.2) is 75.7 Å². The van der Waals surface area contributed by atoms with E-state index in [1.54, 1.807) is 18.0 Å². The molecule has 0 atom stereocenters. The molecule has 0 saturated carbocycles. The topological polar surface area (TPSA) is 91.8 Å². The number of hydrogen-bond donors (Lipinski definition) is 1. The molecule has 1 N–H and O–H groups in total. The zero-order valence-electron chi connectivity index (χ0n) is 22.1. The lowest BCUT2D eigenvalue weighted by molar-refractivity contribution is 0.0731. The molecule has 3 aromatic rings. The van der Waals surface area contributed by atoms with Crippen LogP contribution in [0, 0.1) is 5.82 Å². The number of rotatable bonds is 8. The first-order valence-electron chi connectivity index (χ1n) is 12.5. The Balaban J connectivity index is 1.57. The molecule has 2 aromatic carbocycles. The van der Waals surface area contributed by atoms with Crippen molar-refractivity contribution < 1.29 is 22.3 Å². The quantitative estimate of drug-likeness (QED) is 0.464. The number of hydrogen-bond acceptors (Lipinski definition) is 7. The number of benzene rings is 2. The highest BCUT2D eigenvalue weighted by Gasteiger charge is 2.27. The van der Waals surface area contributed by atoms with E-state index >= 15 is 4.39 Å². The van der Waals surface area contributed by atoms with Crippen LogP contribution >= 0.6 is 0 Å². The molecule has 0 spiro atoms. The van der Waals surface area contributed by atoms with Crippen LogP contribution in [0.15, 0.2) is 53.6 Å². The highest BCUT2D eigenvalue weighted by atomic mass is 32.2. The van der Waals surface area contributed by atoms with Crippen molar-refractivity contribution in [2.24, 2.45) is 0 Å². The lowest BCUT2D eigenvalue weighted by Gasteiger charge is -2.22. The van der Waals surface area contributed by atoms with Crippen molar-refractivity contribution in [1.29, 1.82) is 0 Å². The Morgan fingerprint density at radius 2 is 1.92 bits per heavy atom. The maximum Gasteiger partial charge on any atom is 0.254 e. The van der Waals surface area contributed by atoms with Gasteiger partial charge in [-0.05, 0) is 62.5 Å². The van der Waals surface area contributed by atoms with Crippen LogP contribution in [0.1, 0.15) is 28.4 Å². The molecule has 2 heterocycles. The number of fused-ring (bicyclic) bond motifs is 1. The second-order valence-corrected chi connectivity index (χ2v) is 11.6. The monoisotopic (exact) mass is 540 g/mol. The highest BCUT2D eigenvalue weighted by Crippen LogP contribution is 2.31. The number of likely N-dealkylation sites (N-methyl/N-ethyl adjacent to an activating group) is 1. The molecular weight excluding hydrogens is 507 g/mol. The van der Waals surface area contributed by atoms with Gasteiger partial charge in [0.15, 0.2) is 9.84 Å². The molecule has 8 nitrogen and oxygen atoms in total. The van der Waals surface area contributed by atoms with Crippen molar-refractivity contribution >= 4 is 21.6 Å². The van der Waals surface area contributed by atoms with Crippen LogP contribution in [-0.2, 0) is 22.8 Å². The molecule has 0 aliphatic carbocycles. The predicted octanol–water partition coefficient (Wildman–Crippen LogP) is 3.86. The van der Waals surface area contributed by atoms with Crippen LogP contribution in [0.3, 0.4) is 0 Å². The predicted molar refractivity (Wildman–Crippen MR) is 146 cm³/mol. The van der Waals surface area contributed by atoms with Crippen molar-refractivity contribution in [2.75, 3.05) is 51.9 Å². The van der Waals surface area contributed by atoms with E-state index in [1.807, 2.05) is 44.4 Å². The van der Waals surface area contributed by atoms with Crippen LogP contribution in [0.4, 0.5) is 10.2 Å². The molecule has 38 heavy (non-hydrogen) atoms. The average Bonchev–Trinajstić information content (AvgIpc) is 3.09. The molecule has 1 aliphatic rings. The minimum atomic E-state index is -3.75. The SMILES string of the molecule is CCc1c(C(=O)N2CCOc3ccc(-c4ccc(NCCN(C)C)nc4)cc3C2)ccc(S(C)(=O)=O)c1F. The third-order valence-corrected chi connectivity index (χ3v) is 7.60. The van der Waals surface area contributed by atoms with Gasteiger partial charge in [0.2, 0.25) is 0 Å². The van der Waals surface area contributed by atoms with Gasteiger partial charge in [-0.3, -0.25) is 4.79 Å². The second kappa shape index (κ2) is 11.5. The maximum atomic E-state index is 15.1. The number of pyridine rings is 1. The highest BCUT2D eigenvalue weighted by molar-refractivity contribution is 7.90. The molecule has 0 unspecified atom stereocenters. The third-order valence-electron chi connectivity index (χ3n) is 6.48. The summed E-state index contributed by atoms with van der Waals surface area (Å²) >= 11 is 0. The first kappa shape index (κ1) is 27.5. The van der Waals surface area contributed by atoms with Gasteiger partial charge in [-0.1, -0.05) is 13.0 Å². The third kappa shape index (κ3) is 6.14. The Kier molecular flexibility index (Phi) is 8.32. The van der Waals surface area contributed by atoms with E-state index in [4.69, 9.17) is 4.74 Å². The fourth-order valence-corrected chi connectivity index (χ4v) is 5.19. The molecule has 1 amide bonds. The fourth-order valence-electron chi connectivity index (χ4n) is 4.43. The number of ether oxygens (including phenoxy) is 1. The number of carbonyl (C=O) groups is 1. The number of amides is 1. The Morgan fingerprint density at radius 1 is 1.16 bits per heavy atom. The van der Waals surface area contributed by atoms with E-state index in [1.165, 1.54) is 12.1 Å². The molecular formula is C28H33FN4O4S. The summed E-state index contributed by atoms with van der Waals surface area (Å²) in [6, 6.07) is 12.3. The maximum absolute atomic E-state index is 15.1. The minimum absolute atomic E-state index is 0.0995. The van der Waals surface area contributed by atoms with Gasteiger partial charge in [0, 0.05) is 54.3 Å². The lowest BCUT2D eigenvalue weighted by atomic mass is 10.0. The molecule has 1 aliphatic heterocycles. The molecule has 10 heteroatoms. The van der Waals surface area contributed by atoms with Crippen molar-refractivity contribution in [3.05, 3.63) is 71.2 Å². The van der Waals surface area contributed by atoms with Crippen molar-refractivity contribution in [3.63, 3.8) is 0 Å². The van der Waals surface area contributed by atoms with E-state index in [-0.39, 0.29) is 30.0 Å². The van der Waals surface area contributed by atoms with Crippen LogP contribution in [0.5, 0.6) is 5.75 Å². The second-order valence-electron chi connectivity index (χ2n) is 9.59. The van der Waals surface area contributed by atoms with E-state index < -0.39 is 20.5 Å². The van der Waals surface area contributed by atoms with Gasteiger partial charge in [-0.2, -0.15) is 0 Å². The van der Waals surface area contributed by atoms with Crippen molar-refractivity contribution in [1.82, 2.24) is 14.8 Å². The van der Waals surface area contributed by atoms with Gasteiger partial charge >= 0.3 is 0 Å². The molecule has 0 bridgehead atoms. The normalized spacial score (nSPS) is 13.6. The van der Waals surface area contributed by atoms with Gasteiger partial charge in [0.05, 0.1) is 6.54 Å². The summed E-state index contributed by atoms with van der Waals surface area (Å²) in [4.78, 5) is 21.3. The van der Waals surface area contributed by atoms with E-state index in [9.17, 15) is 13.2 Å². The molecule has 0 radical (unpaired) electrons. The van der Waals surface area contributed by atoms with Gasteiger partial charge in [-0.25, -0.2) is 17.8 Å². The average molecular weight is 541 g/mol. The summed E-state index contributed by atoms with van der Waals surface area (Å²) in [7, 11) is 0.285. The Bertz CT molecular complexity index is 1430. The van der Waals surface area contributed by atoms with E-state index in [2.05, 4.69) is 15.2 Å². The summed E-state index contributed by atoms with van der Waals surface area (Å²) in [5, 5.41) is 3.29. The molecule has 1 aromatic heterocycles. The number of halogens is 1. The number of carbonyl (C=O) groups excluding carboxylic acids is 1. The molecule has 4 rings (SSSR count). The zero-order chi connectivity index (χ0) is 27.4. The van der Waals surface area contributed by atoms with Gasteiger partial charge in [0.1, 0.15) is 28.9 Å². The lowest BCUT2D eigenvalue weighted by Crippen LogP contribution is -2.33. The first-order valence-corrected chi connectivity index (χ1v) is 14.4. The standard InChI is InChI=1S/C28H33FN4O4S/c1-5-22-23(8-10-25(27(22)29)38(4,35)36)28(34)33-14-15-37-24-9-6-19(16-21(24)18-33)20-7-11-26(31-17-20)30-12-13-32(2)3/h6-11,16-17H,5,12-15,18H2,1-4H3,(H,30,31). The minimum Gasteiger partial charge on any atom is -0.491 e. The van der Waals surface area contributed by atoms with Gasteiger partial charge < -0.3 is 19.9 Å². The van der Waals surface area contributed by atoms with E-state index in [0.717, 1.165) is 41.9 Å². The Hall–Kier alpha value is -3.50. The smallest absolute Gasteiger partial charge is 0.254 e.